The maximum atomic E-state index is 5.69. The molecule has 3 rings (SSSR count). The smallest absolute Gasteiger partial charge is 0.216 e. The van der Waals surface area contributed by atoms with Gasteiger partial charge in [0.25, 0.3) is 0 Å². The fourth-order valence-corrected chi connectivity index (χ4v) is 2.41. The van der Waals surface area contributed by atoms with Crippen molar-refractivity contribution in [3.63, 3.8) is 0 Å². The molecule has 0 bridgehead atoms. The van der Waals surface area contributed by atoms with E-state index in [1.807, 2.05) is 6.07 Å². The minimum absolute atomic E-state index is 0.774. The fraction of sp³-hybridized carbons (Fsp3) is 0.529. The lowest BCUT2D eigenvalue weighted by Crippen LogP contribution is -2.17. The second-order valence-electron chi connectivity index (χ2n) is 5.76. The van der Waals surface area contributed by atoms with Crippen molar-refractivity contribution in [3.05, 3.63) is 47.7 Å². The zero-order chi connectivity index (χ0) is 14.3. The standard InChI is InChI=1S/C17H23N3O/c1-2-6-14(7-3-1)8-4-9-16-19-20-17(21-16)10-5-13-18-15-11-12-15/h1-3,6-7,15,18H,4-5,8-13H2. The first kappa shape index (κ1) is 14.3. The summed E-state index contributed by atoms with van der Waals surface area (Å²) < 4.78 is 5.69. The Morgan fingerprint density at radius 1 is 0.952 bits per heavy atom. The molecule has 112 valence electrons. The Bertz CT molecular complexity index is 534. The van der Waals surface area contributed by atoms with Gasteiger partial charge in [-0.3, -0.25) is 0 Å². The lowest BCUT2D eigenvalue weighted by molar-refractivity contribution is 0.437. The number of aromatic nitrogens is 2. The zero-order valence-electron chi connectivity index (χ0n) is 12.4. The topological polar surface area (TPSA) is 51.0 Å². The van der Waals surface area contributed by atoms with Gasteiger partial charge in [-0.15, -0.1) is 10.2 Å². The Kier molecular flexibility index (Phi) is 5.00. The molecule has 0 atom stereocenters. The van der Waals surface area contributed by atoms with Gasteiger partial charge in [0.2, 0.25) is 11.8 Å². The molecule has 1 heterocycles. The third-order valence-corrected chi connectivity index (χ3v) is 3.79. The van der Waals surface area contributed by atoms with E-state index < -0.39 is 0 Å². The minimum atomic E-state index is 0.774. The van der Waals surface area contributed by atoms with E-state index in [4.69, 9.17) is 4.42 Å². The van der Waals surface area contributed by atoms with Crippen LogP contribution in [0.25, 0.3) is 0 Å². The molecular formula is C17H23N3O. The van der Waals surface area contributed by atoms with Crippen LogP contribution < -0.4 is 5.32 Å². The van der Waals surface area contributed by atoms with Crippen molar-refractivity contribution in [1.29, 1.82) is 0 Å². The number of aryl methyl sites for hydroxylation is 3. The first-order valence-corrected chi connectivity index (χ1v) is 7.99. The van der Waals surface area contributed by atoms with E-state index in [-0.39, 0.29) is 0 Å². The van der Waals surface area contributed by atoms with Crippen molar-refractivity contribution >= 4 is 0 Å². The number of nitrogens with zero attached hydrogens (tertiary/aromatic N) is 2. The molecule has 1 saturated carbocycles. The van der Waals surface area contributed by atoms with Gasteiger partial charge >= 0.3 is 0 Å². The van der Waals surface area contributed by atoms with Gasteiger partial charge < -0.3 is 9.73 Å². The number of hydrogen-bond donors (Lipinski definition) is 1. The average Bonchev–Trinajstić information content (AvgIpc) is 3.24. The van der Waals surface area contributed by atoms with Gasteiger partial charge in [0.15, 0.2) is 0 Å². The molecule has 1 aromatic carbocycles. The van der Waals surface area contributed by atoms with E-state index in [0.29, 0.717) is 0 Å². The summed E-state index contributed by atoms with van der Waals surface area (Å²) in [6.07, 6.45) is 7.60. The zero-order valence-corrected chi connectivity index (χ0v) is 12.4. The van der Waals surface area contributed by atoms with Crippen LogP contribution in [0, 0.1) is 0 Å². The Morgan fingerprint density at radius 2 is 1.67 bits per heavy atom. The second kappa shape index (κ2) is 7.36. The molecule has 1 fully saturated rings. The van der Waals surface area contributed by atoms with Crippen LogP contribution in [0.15, 0.2) is 34.7 Å². The van der Waals surface area contributed by atoms with Gasteiger partial charge in [0, 0.05) is 18.9 Å². The monoisotopic (exact) mass is 285 g/mol. The molecule has 2 aromatic rings. The Morgan fingerprint density at radius 3 is 2.38 bits per heavy atom. The van der Waals surface area contributed by atoms with Gasteiger partial charge in [0.05, 0.1) is 0 Å². The molecule has 1 aromatic heterocycles. The first-order valence-electron chi connectivity index (χ1n) is 7.99. The third-order valence-electron chi connectivity index (χ3n) is 3.79. The van der Waals surface area contributed by atoms with Crippen LogP contribution in [0.3, 0.4) is 0 Å². The summed E-state index contributed by atoms with van der Waals surface area (Å²) in [4.78, 5) is 0. The van der Waals surface area contributed by atoms with Crippen LogP contribution in [0.5, 0.6) is 0 Å². The number of nitrogens with one attached hydrogen (secondary N) is 1. The second-order valence-corrected chi connectivity index (χ2v) is 5.76. The van der Waals surface area contributed by atoms with Gasteiger partial charge in [-0.25, -0.2) is 0 Å². The molecular weight excluding hydrogens is 262 g/mol. The summed E-state index contributed by atoms with van der Waals surface area (Å²) in [5, 5.41) is 11.8. The van der Waals surface area contributed by atoms with Crippen molar-refractivity contribution in [2.24, 2.45) is 0 Å². The molecule has 0 aliphatic heterocycles. The van der Waals surface area contributed by atoms with Crippen LogP contribution in [0.1, 0.15) is 43.0 Å². The molecule has 1 aliphatic rings. The van der Waals surface area contributed by atoms with Crippen LogP contribution in [-0.2, 0) is 19.3 Å². The Labute approximate surface area is 126 Å². The highest BCUT2D eigenvalue weighted by atomic mass is 16.4. The lowest BCUT2D eigenvalue weighted by Gasteiger charge is -1.99. The highest BCUT2D eigenvalue weighted by Crippen LogP contribution is 2.18. The molecule has 0 spiro atoms. The highest BCUT2D eigenvalue weighted by molar-refractivity contribution is 5.14. The van der Waals surface area contributed by atoms with Crippen molar-refractivity contribution < 1.29 is 4.42 Å². The van der Waals surface area contributed by atoms with Gasteiger partial charge in [0.1, 0.15) is 0 Å². The van der Waals surface area contributed by atoms with Crippen molar-refractivity contribution in [1.82, 2.24) is 15.5 Å². The van der Waals surface area contributed by atoms with Crippen LogP contribution in [0.4, 0.5) is 0 Å². The minimum Gasteiger partial charge on any atom is -0.425 e. The van der Waals surface area contributed by atoms with Crippen LogP contribution in [0.2, 0.25) is 0 Å². The molecule has 0 radical (unpaired) electrons. The molecule has 1 aliphatic carbocycles. The van der Waals surface area contributed by atoms with Crippen molar-refractivity contribution in [3.8, 4) is 0 Å². The SMILES string of the molecule is c1ccc(CCCc2nnc(CCCNC3CC3)o2)cc1. The van der Waals surface area contributed by atoms with E-state index in [2.05, 4.69) is 39.8 Å². The average molecular weight is 285 g/mol. The maximum Gasteiger partial charge on any atom is 0.216 e. The number of rotatable bonds is 9. The van der Waals surface area contributed by atoms with Gasteiger partial charge in [-0.2, -0.15) is 0 Å². The van der Waals surface area contributed by atoms with E-state index in [0.717, 1.165) is 56.5 Å². The predicted molar refractivity (Wildman–Crippen MR) is 82.1 cm³/mol. The molecule has 4 heteroatoms. The number of hydrogen-bond acceptors (Lipinski definition) is 4. The summed E-state index contributed by atoms with van der Waals surface area (Å²) in [5.74, 6) is 1.55. The maximum absolute atomic E-state index is 5.69. The van der Waals surface area contributed by atoms with E-state index in [1.54, 1.807) is 0 Å². The molecule has 0 amide bonds. The van der Waals surface area contributed by atoms with E-state index >= 15 is 0 Å². The Hall–Kier alpha value is -1.68. The van der Waals surface area contributed by atoms with Crippen LogP contribution in [-0.4, -0.2) is 22.8 Å². The quantitative estimate of drug-likeness (QED) is 0.720. The Balaban J connectivity index is 1.34. The van der Waals surface area contributed by atoms with Gasteiger partial charge in [-0.1, -0.05) is 30.3 Å². The third kappa shape index (κ3) is 4.97. The fourth-order valence-electron chi connectivity index (χ4n) is 2.41. The highest BCUT2D eigenvalue weighted by Gasteiger charge is 2.19. The first-order chi connectivity index (χ1) is 10.4. The molecule has 0 unspecified atom stereocenters. The summed E-state index contributed by atoms with van der Waals surface area (Å²) in [6.45, 7) is 1.05. The van der Waals surface area contributed by atoms with Gasteiger partial charge in [-0.05, 0) is 44.2 Å². The predicted octanol–water partition coefficient (Wildman–Crippen LogP) is 2.93. The summed E-state index contributed by atoms with van der Waals surface area (Å²) >= 11 is 0. The summed E-state index contributed by atoms with van der Waals surface area (Å²) in [7, 11) is 0. The number of benzene rings is 1. The van der Waals surface area contributed by atoms with E-state index in [9.17, 15) is 0 Å². The molecule has 21 heavy (non-hydrogen) atoms. The van der Waals surface area contributed by atoms with Crippen molar-refractivity contribution in [2.75, 3.05) is 6.54 Å². The van der Waals surface area contributed by atoms with Crippen molar-refractivity contribution in [2.45, 2.75) is 51.0 Å². The van der Waals surface area contributed by atoms with Crippen LogP contribution >= 0.6 is 0 Å². The normalized spacial score (nSPS) is 14.5. The molecule has 4 nitrogen and oxygen atoms in total. The summed E-state index contributed by atoms with van der Waals surface area (Å²) in [6, 6.07) is 11.3. The summed E-state index contributed by atoms with van der Waals surface area (Å²) in [5.41, 5.74) is 1.36. The molecule has 0 saturated heterocycles. The molecule has 1 N–H and O–H groups in total. The lowest BCUT2D eigenvalue weighted by atomic mass is 10.1. The van der Waals surface area contributed by atoms with E-state index in [1.165, 1.54) is 18.4 Å². The largest absolute Gasteiger partial charge is 0.425 e.